The molecule has 2 amide bonds. The van der Waals surface area contributed by atoms with E-state index >= 15 is 0 Å². The molecule has 31 heavy (non-hydrogen) atoms. The number of nitrogens with zero attached hydrogens (tertiary/aromatic N) is 1. The molecule has 7 nitrogen and oxygen atoms in total. The van der Waals surface area contributed by atoms with E-state index in [1.54, 1.807) is 61.0 Å². The second-order valence-corrected chi connectivity index (χ2v) is 9.15. The number of carbonyl (C=O) groups is 2. The van der Waals surface area contributed by atoms with Crippen molar-refractivity contribution in [1.29, 1.82) is 0 Å². The number of ether oxygens (including phenoxy) is 1. The van der Waals surface area contributed by atoms with Gasteiger partial charge in [-0.3, -0.25) is 9.59 Å². The van der Waals surface area contributed by atoms with Gasteiger partial charge in [0.15, 0.2) is 0 Å². The van der Waals surface area contributed by atoms with Gasteiger partial charge in [0.1, 0.15) is 18.4 Å². The molecule has 2 aromatic carbocycles. The van der Waals surface area contributed by atoms with Crippen molar-refractivity contribution >= 4 is 40.2 Å². The van der Waals surface area contributed by atoms with Crippen LogP contribution in [0.2, 0.25) is 0 Å². The number of amides is 2. The molecule has 1 saturated heterocycles. The first-order valence-electron chi connectivity index (χ1n) is 10.0. The van der Waals surface area contributed by atoms with Crippen molar-refractivity contribution in [2.45, 2.75) is 25.5 Å². The van der Waals surface area contributed by atoms with E-state index in [1.807, 2.05) is 24.3 Å². The number of hydrogen-bond acceptors (Lipinski definition) is 5. The van der Waals surface area contributed by atoms with Crippen LogP contribution in [0.15, 0.2) is 54.7 Å². The van der Waals surface area contributed by atoms with Crippen LogP contribution in [-0.4, -0.2) is 56.7 Å². The van der Waals surface area contributed by atoms with E-state index in [4.69, 9.17) is 4.74 Å². The van der Waals surface area contributed by atoms with E-state index in [-0.39, 0.29) is 18.4 Å². The van der Waals surface area contributed by atoms with Crippen molar-refractivity contribution in [3.63, 3.8) is 0 Å². The molecule has 4 rings (SSSR count). The molecule has 0 spiro atoms. The zero-order chi connectivity index (χ0) is 22.0. The summed E-state index contributed by atoms with van der Waals surface area (Å²) in [6.45, 7) is 3.51. The number of aliphatic hydroxyl groups is 1. The van der Waals surface area contributed by atoms with Gasteiger partial charge in [0.25, 0.3) is 5.91 Å². The summed E-state index contributed by atoms with van der Waals surface area (Å²) in [7, 11) is 0. The van der Waals surface area contributed by atoms with Gasteiger partial charge in [-0.15, -0.1) is 11.8 Å². The minimum absolute atomic E-state index is 0.155. The van der Waals surface area contributed by atoms with Gasteiger partial charge in [0.05, 0.1) is 17.0 Å². The number of hydrogen-bond donors (Lipinski definition) is 3. The molecule has 1 aliphatic heterocycles. The fraction of sp³-hybridized carbons (Fsp3) is 0.304. The molecule has 162 valence electrons. The van der Waals surface area contributed by atoms with Crippen LogP contribution >= 0.6 is 11.8 Å². The normalized spacial score (nSPS) is 16.5. The van der Waals surface area contributed by atoms with Crippen LogP contribution in [0.25, 0.3) is 10.9 Å². The van der Waals surface area contributed by atoms with Crippen molar-refractivity contribution in [1.82, 2.24) is 9.88 Å². The number of carbonyl (C=O) groups excluding carboxylic acids is 2. The highest BCUT2D eigenvalue weighted by Crippen LogP contribution is 2.27. The number of nitrogens with one attached hydrogen (secondary N) is 2. The molecular weight excluding hydrogens is 414 g/mol. The summed E-state index contributed by atoms with van der Waals surface area (Å²) in [5.41, 5.74) is 1.17. The summed E-state index contributed by atoms with van der Waals surface area (Å²) in [6, 6.07) is 14.0. The first-order valence-corrected chi connectivity index (χ1v) is 11.2. The van der Waals surface area contributed by atoms with E-state index in [1.165, 1.54) is 0 Å². The van der Waals surface area contributed by atoms with Crippen molar-refractivity contribution in [2.24, 2.45) is 0 Å². The number of aromatic amines is 1. The maximum atomic E-state index is 13.2. The highest BCUT2D eigenvalue weighted by atomic mass is 32.2. The van der Waals surface area contributed by atoms with Crippen molar-refractivity contribution in [3.8, 4) is 5.75 Å². The Hall–Kier alpha value is -2.97. The first-order chi connectivity index (χ1) is 14.8. The largest absolute Gasteiger partial charge is 0.491 e. The van der Waals surface area contributed by atoms with Crippen LogP contribution in [0.5, 0.6) is 5.75 Å². The molecule has 0 aliphatic carbocycles. The summed E-state index contributed by atoms with van der Waals surface area (Å²) >= 11 is 1.56. The van der Waals surface area contributed by atoms with Gasteiger partial charge >= 0.3 is 0 Å². The number of fused-ring (bicyclic) bond motifs is 1. The molecule has 0 unspecified atom stereocenters. The molecule has 1 aromatic heterocycles. The van der Waals surface area contributed by atoms with Gasteiger partial charge in [-0.1, -0.05) is 18.2 Å². The molecule has 0 radical (unpaired) electrons. The lowest BCUT2D eigenvalue weighted by atomic mass is 10.1. The van der Waals surface area contributed by atoms with Gasteiger partial charge in [0.2, 0.25) is 5.91 Å². The summed E-state index contributed by atoms with van der Waals surface area (Å²) in [5, 5.41) is 13.5. The van der Waals surface area contributed by atoms with E-state index in [0.717, 1.165) is 10.9 Å². The zero-order valence-electron chi connectivity index (χ0n) is 17.4. The third-order valence-corrected chi connectivity index (χ3v) is 5.99. The van der Waals surface area contributed by atoms with E-state index in [0.29, 0.717) is 28.6 Å². The summed E-state index contributed by atoms with van der Waals surface area (Å²) in [6.07, 6.45) is 1.71. The number of benzene rings is 2. The Morgan fingerprint density at radius 2 is 1.97 bits per heavy atom. The van der Waals surface area contributed by atoms with E-state index in [2.05, 4.69) is 10.3 Å². The van der Waals surface area contributed by atoms with Crippen LogP contribution in [0.4, 0.5) is 5.69 Å². The monoisotopic (exact) mass is 439 g/mol. The average Bonchev–Trinajstić information content (AvgIpc) is 3.40. The van der Waals surface area contributed by atoms with Gasteiger partial charge < -0.3 is 25.0 Å². The number of H-pyrrole nitrogens is 1. The molecule has 3 aromatic rings. The molecule has 1 fully saturated rings. The summed E-state index contributed by atoms with van der Waals surface area (Å²) in [4.78, 5) is 30.8. The lowest BCUT2D eigenvalue weighted by Gasteiger charge is -2.23. The quantitative estimate of drug-likeness (QED) is 0.547. The van der Waals surface area contributed by atoms with Crippen LogP contribution < -0.4 is 10.1 Å². The van der Waals surface area contributed by atoms with Gasteiger partial charge in [0, 0.05) is 28.5 Å². The Kier molecular flexibility index (Phi) is 5.93. The summed E-state index contributed by atoms with van der Waals surface area (Å²) < 4.78 is 5.53. The second kappa shape index (κ2) is 8.64. The van der Waals surface area contributed by atoms with Gasteiger partial charge in [-0.05, 0) is 44.2 Å². The Labute approximate surface area is 184 Å². The lowest BCUT2D eigenvalue weighted by Crippen LogP contribution is -2.44. The van der Waals surface area contributed by atoms with E-state index in [9.17, 15) is 14.7 Å². The zero-order valence-corrected chi connectivity index (χ0v) is 18.2. The predicted octanol–water partition coefficient (Wildman–Crippen LogP) is 3.47. The minimum Gasteiger partial charge on any atom is -0.491 e. The second-order valence-electron chi connectivity index (χ2n) is 8.15. The molecule has 1 aliphatic rings. The molecule has 0 bridgehead atoms. The number of thioether (sulfide) groups is 1. The predicted molar refractivity (Wildman–Crippen MR) is 122 cm³/mol. The number of para-hydroxylation sites is 1. The summed E-state index contributed by atoms with van der Waals surface area (Å²) in [5.74, 6) is 1.25. The van der Waals surface area contributed by atoms with E-state index < -0.39 is 11.6 Å². The number of anilines is 1. The Balaban J connectivity index is 1.43. The van der Waals surface area contributed by atoms with Crippen LogP contribution in [0.3, 0.4) is 0 Å². The number of aromatic nitrogens is 1. The van der Waals surface area contributed by atoms with Crippen LogP contribution in [0, 0.1) is 0 Å². The Bertz CT molecular complexity index is 1090. The fourth-order valence-electron chi connectivity index (χ4n) is 3.38. The first kappa shape index (κ1) is 21.3. The molecule has 8 heteroatoms. The van der Waals surface area contributed by atoms with Crippen LogP contribution in [0.1, 0.15) is 24.2 Å². The topological polar surface area (TPSA) is 94.7 Å². The maximum Gasteiger partial charge on any atom is 0.257 e. The minimum atomic E-state index is -0.923. The maximum absolute atomic E-state index is 13.2. The third kappa shape index (κ3) is 4.86. The highest BCUT2D eigenvalue weighted by Gasteiger charge is 2.36. The van der Waals surface area contributed by atoms with Crippen molar-refractivity contribution in [3.05, 3.63) is 60.3 Å². The van der Waals surface area contributed by atoms with Crippen molar-refractivity contribution < 1.29 is 19.4 Å². The standard InChI is InChI=1S/C23H25N3O4S/c1-23(2,29)13-30-16-9-7-15(8-10-16)25-21(27)20-12-31-14-26(20)22(28)18-11-24-19-6-4-3-5-17(18)19/h3-11,20,24,29H,12-14H2,1-2H3,(H,25,27)/t20-/m0/s1. The molecule has 3 N–H and O–H groups in total. The molecule has 2 heterocycles. The number of rotatable bonds is 6. The fourth-order valence-corrected chi connectivity index (χ4v) is 4.54. The van der Waals surface area contributed by atoms with Crippen molar-refractivity contribution in [2.75, 3.05) is 23.6 Å². The van der Waals surface area contributed by atoms with Gasteiger partial charge in [-0.25, -0.2) is 0 Å². The molecule has 1 atom stereocenters. The molecule has 0 saturated carbocycles. The third-order valence-electron chi connectivity index (χ3n) is 4.98. The SMILES string of the molecule is CC(C)(O)COc1ccc(NC(=O)[C@@H]2CSCN2C(=O)c2c[nH]c3ccccc23)cc1. The molecular formula is C23H25N3O4S. The average molecular weight is 440 g/mol. The van der Waals surface area contributed by atoms with Gasteiger partial charge in [-0.2, -0.15) is 0 Å². The smallest absolute Gasteiger partial charge is 0.257 e. The highest BCUT2D eigenvalue weighted by molar-refractivity contribution is 7.99. The lowest BCUT2D eigenvalue weighted by molar-refractivity contribution is -0.119. The Morgan fingerprint density at radius 1 is 1.23 bits per heavy atom. The Morgan fingerprint density at radius 3 is 2.71 bits per heavy atom. The van der Waals surface area contributed by atoms with Crippen LogP contribution in [-0.2, 0) is 4.79 Å².